The van der Waals surface area contributed by atoms with E-state index < -0.39 is 29.8 Å². The number of hydrogen-bond acceptors (Lipinski definition) is 4. The summed E-state index contributed by atoms with van der Waals surface area (Å²) in [5.41, 5.74) is -0.594. The molecule has 2 N–H and O–H groups in total. The van der Waals surface area contributed by atoms with Gasteiger partial charge in [0.1, 0.15) is 11.4 Å². The second-order valence-corrected chi connectivity index (χ2v) is 6.31. The van der Waals surface area contributed by atoms with E-state index in [0.717, 1.165) is 0 Å². The summed E-state index contributed by atoms with van der Waals surface area (Å²) in [7, 11) is 0. The van der Waals surface area contributed by atoms with Gasteiger partial charge in [0.2, 0.25) is 0 Å². The van der Waals surface area contributed by atoms with Gasteiger partial charge in [0.05, 0.1) is 12.1 Å². The number of ketones is 1. The molecule has 3 atom stereocenters. The summed E-state index contributed by atoms with van der Waals surface area (Å²) in [6.07, 6.45) is -1.51. The van der Waals surface area contributed by atoms with Gasteiger partial charge in [0.25, 0.3) is 0 Å². The molecule has 0 aromatic carbocycles. The number of hydrogen-bond donors (Lipinski definition) is 2. The lowest BCUT2D eigenvalue weighted by atomic mass is 9.88. The van der Waals surface area contributed by atoms with Crippen LogP contribution in [0.5, 0.6) is 0 Å². The Morgan fingerprint density at radius 3 is 1.95 bits per heavy atom. The number of ether oxygens (including phenoxy) is 1. The first-order chi connectivity index (χ1) is 8.45. The van der Waals surface area contributed by atoms with Gasteiger partial charge in [0, 0.05) is 5.92 Å². The molecule has 0 aliphatic rings. The molecule has 1 amide bonds. The van der Waals surface area contributed by atoms with E-state index >= 15 is 0 Å². The Morgan fingerprint density at radius 1 is 1.16 bits per heavy atom. The smallest absolute Gasteiger partial charge is 0.407 e. The van der Waals surface area contributed by atoms with Crippen molar-refractivity contribution in [2.45, 2.75) is 66.2 Å². The molecule has 0 bridgehead atoms. The average molecular weight is 273 g/mol. The summed E-state index contributed by atoms with van der Waals surface area (Å²) in [4.78, 5) is 23.1. The molecule has 0 spiro atoms. The minimum atomic E-state index is -0.926. The molecule has 5 nitrogen and oxygen atoms in total. The van der Waals surface area contributed by atoms with Crippen LogP contribution < -0.4 is 5.32 Å². The van der Waals surface area contributed by atoms with Crippen LogP contribution >= 0.6 is 0 Å². The Labute approximate surface area is 115 Å². The molecule has 0 aromatic rings. The van der Waals surface area contributed by atoms with Gasteiger partial charge in [-0.25, -0.2) is 4.79 Å². The fourth-order valence-electron chi connectivity index (χ4n) is 1.64. The second kappa shape index (κ2) is 6.89. The molecule has 0 saturated carbocycles. The van der Waals surface area contributed by atoms with E-state index in [2.05, 4.69) is 5.32 Å². The van der Waals surface area contributed by atoms with E-state index in [9.17, 15) is 14.7 Å². The van der Waals surface area contributed by atoms with E-state index in [1.807, 2.05) is 13.8 Å². The van der Waals surface area contributed by atoms with Crippen LogP contribution in [0.2, 0.25) is 0 Å². The first kappa shape index (κ1) is 17.9. The number of aliphatic hydroxyl groups is 1. The first-order valence-corrected chi connectivity index (χ1v) is 6.63. The van der Waals surface area contributed by atoms with Crippen molar-refractivity contribution in [3.8, 4) is 0 Å². The van der Waals surface area contributed by atoms with Gasteiger partial charge in [-0.2, -0.15) is 0 Å². The van der Waals surface area contributed by atoms with Gasteiger partial charge in [0.15, 0.2) is 0 Å². The molecule has 19 heavy (non-hydrogen) atoms. The summed E-state index contributed by atoms with van der Waals surface area (Å²) in [6, 6.07) is -0.520. The summed E-state index contributed by atoms with van der Waals surface area (Å²) in [5, 5.41) is 12.8. The molecule has 0 aromatic heterocycles. The molecule has 0 rings (SSSR count). The number of alkyl carbamates (subject to hydrolysis) is 1. The third kappa shape index (κ3) is 6.57. The Balaban J connectivity index is 4.76. The normalized spacial score (nSPS) is 16.7. The van der Waals surface area contributed by atoms with Crippen molar-refractivity contribution in [1.82, 2.24) is 5.32 Å². The highest BCUT2D eigenvalue weighted by molar-refractivity contribution is 5.78. The number of carbonyl (C=O) groups is 2. The predicted octanol–water partition coefficient (Wildman–Crippen LogP) is 2.12. The number of amides is 1. The Morgan fingerprint density at radius 2 is 1.63 bits per heavy atom. The quantitative estimate of drug-likeness (QED) is 0.804. The van der Waals surface area contributed by atoms with Crippen LogP contribution in [0, 0.1) is 11.8 Å². The number of nitrogens with one attached hydrogen (secondary N) is 1. The molecule has 0 heterocycles. The zero-order valence-corrected chi connectivity index (χ0v) is 13.0. The van der Waals surface area contributed by atoms with Crippen molar-refractivity contribution >= 4 is 11.9 Å². The van der Waals surface area contributed by atoms with Gasteiger partial charge >= 0.3 is 6.09 Å². The van der Waals surface area contributed by atoms with Crippen molar-refractivity contribution in [2.75, 3.05) is 0 Å². The molecule has 0 aliphatic heterocycles. The lowest BCUT2D eigenvalue weighted by Crippen LogP contribution is -2.51. The van der Waals surface area contributed by atoms with E-state index in [0.29, 0.717) is 0 Å². The lowest BCUT2D eigenvalue weighted by Gasteiger charge is -2.31. The van der Waals surface area contributed by atoms with Crippen LogP contribution in [-0.4, -0.2) is 34.7 Å². The Hall–Kier alpha value is -1.10. The first-order valence-electron chi connectivity index (χ1n) is 6.63. The fourth-order valence-corrected chi connectivity index (χ4v) is 1.64. The van der Waals surface area contributed by atoms with Crippen LogP contribution in [-0.2, 0) is 9.53 Å². The number of carbonyl (C=O) groups excluding carboxylic acids is 2. The molecule has 0 saturated heterocycles. The summed E-state index contributed by atoms with van der Waals surface area (Å²) < 4.78 is 5.16. The zero-order chi connectivity index (χ0) is 15.4. The molecule has 5 heteroatoms. The Bertz CT molecular complexity index is 320. The standard InChI is InChI=1S/C14H27NO4/c1-8(2)11(12(17)9(3)10(4)16)15-13(18)19-14(5,6)7/h8-9,11-12,17H,1-7H3,(H,15,18)/t9-,11+,12+/m1/s1. The number of rotatable bonds is 5. The van der Waals surface area contributed by atoms with E-state index in [4.69, 9.17) is 4.74 Å². The van der Waals surface area contributed by atoms with Crippen molar-refractivity contribution in [3.05, 3.63) is 0 Å². The second-order valence-electron chi connectivity index (χ2n) is 6.31. The van der Waals surface area contributed by atoms with E-state index in [1.165, 1.54) is 6.92 Å². The monoisotopic (exact) mass is 273 g/mol. The highest BCUT2D eigenvalue weighted by atomic mass is 16.6. The summed E-state index contributed by atoms with van der Waals surface area (Å²) in [5.74, 6) is -0.643. The third-order valence-corrected chi connectivity index (χ3v) is 2.92. The van der Waals surface area contributed by atoms with Gasteiger partial charge < -0.3 is 15.2 Å². The van der Waals surface area contributed by atoms with Gasteiger partial charge in [-0.1, -0.05) is 20.8 Å². The number of Topliss-reactive ketones (excluding diaryl/α,β-unsaturated/α-hetero) is 1. The lowest BCUT2D eigenvalue weighted by molar-refractivity contribution is -0.124. The van der Waals surface area contributed by atoms with E-state index in [1.54, 1.807) is 27.7 Å². The molecular weight excluding hydrogens is 246 g/mol. The van der Waals surface area contributed by atoms with Crippen LogP contribution in [0.1, 0.15) is 48.5 Å². The SMILES string of the molecule is CC(=O)[C@@H](C)[C@H](O)[C@@H](NC(=O)OC(C)(C)C)C(C)C. The summed E-state index contributed by atoms with van der Waals surface area (Å²) in [6.45, 7) is 12.1. The van der Waals surface area contributed by atoms with Gasteiger partial charge in [-0.15, -0.1) is 0 Å². The number of aliphatic hydroxyl groups excluding tert-OH is 1. The molecule has 0 fully saturated rings. The zero-order valence-electron chi connectivity index (χ0n) is 13.0. The maximum atomic E-state index is 11.7. The maximum absolute atomic E-state index is 11.7. The highest BCUT2D eigenvalue weighted by Gasteiger charge is 2.32. The average Bonchev–Trinajstić information content (AvgIpc) is 2.20. The fraction of sp³-hybridized carbons (Fsp3) is 0.857. The largest absolute Gasteiger partial charge is 0.444 e. The van der Waals surface area contributed by atoms with Crippen molar-refractivity contribution in [2.24, 2.45) is 11.8 Å². The molecule has 0 radical (unpaired) electrons. The third-order valence-electron chi connectivity index (χ3n) is 2.92. The Kier molecular flexibility index (Phi) is 6.49. The molecular formula is C14H27NO4. The topological polar surface area (TPSA) is 75.6 Å². The van der Waals surface area contributed by atoms with Crippen molar-refractivity contribution in [1.29, 1.82) is 0 Å². The summed E-state index contributed by atoms with van der Waals surface area (Å²) >= 11 is 0. The highest BCUT2D eigenvalue weighted by Crippen LogP contribution is 2.16. The molecule has 112 valence electrons. The van der Waals surface area contributed by atoms with Crippen LogP contribution in [0.15, 0.2) is 0 Å². The molecule has 0 aliphatic carbocycles. The maximum Gasteiger partial charge on any atom is 0.407 e. The minimum Gasteiger partial charge on any atom is -0.444 e. The van der Waals surface area contributed by atoms with Gasteiger partial charge in [-0.3, -0.25) is 4.79 Å². The van der Waals surface area contributed by atoms with E-state index in [-0.39, 0.29) is 11.7 Å². The van der Waals surface area contributed by atoms with Crippen LogP contribution in [0.25, 0.3) is 0 Å². The minimum absolute atomic E-state index is 0.00989. The van der Waals surface area contributed by atoms with Crippen molar-refractivity contribution < 1.29 is 19.4 Å². The molecule has 0 unspecified atom stereocenters. The predicted molar refractivity (Wildman–Crippen MR) is 73.8 cm³/mol. The van der Waals surface area contributed by atoms with Crippen LogP contribution in [0.4, 0.5) is 4.79 Å². The van der Waals surface area contributed by atoms with Crippen LogP contribution in [0.3, 0.4) is 0 Å². The van der Waals surface area contributed by atoms with Crippen molar-refractivity contribution in [3.63, 3.8) is 0 Å². The van der Waals surface area contributed by atoms with Gasteiger partial charge in [-0.05, 0) is 33.6 Å².